The normalized spacial score (nSPS) is 21.9. The predicted molar refractivity (Wildman–Crippen MR) is 117 cm³/mol. The maximum atomic E-state index is 12.7. The van der Waals surface area contributed by atoms with Crippen molar-refractivity contribution in [1.82, 2.24) is 16.0 Å². The molecule has 1 aliphatic heterocycles. The van der Waals surface area contributed by atoms with E-state index < -0.39 is 39.2 Å². The van der Waals surface area contributed by atoms with Gasteiger partial charge in [0.25, 0.3) is 5.91 Å². The number of sulfone groups is 1. The van der Waals surface area contributed by atoms with Gasteiger partial charge in [-0.15, -0.1) is 0 Å². The fourth-order valence-electron chi connectivity index (χ4n) is 4.14. The zero-order chi connectivity index (χ0) is 22.8. The van der Waals surface area contributed by atoms with Gasteiger partial charge < -0.3 is 21.7 Å². The smallest absolute Gasteiger partial charge is 0.251 e. The zero-order valence-corrected chi connectivity index (χ0v) is 18.8. The van der Waals surface area contributed by atoms with Gasteiger partial charge >= 0.3 is 0 Å². The van der Waals surface area contributed by atoms with Gasteiger partial charge in [-0.3, -0.25) is 14.4 Å². The highest BCUT2D eigenvalue weighted by molar-refractivity contribution is 7.92. The molecule has 0 bridgehead atoms. The van der Waals surface area contributed by atoms with Gasteiger partial charge in [0.05, 0.1) is 16.5 Å². The summed E-state index contributed by atoms with van der Waals surface area (Å²) >= 11 is 6.05. The SMILES string of the molecule is Cc1cc(C(=O)NCC(NC(=O)C2CS(=O)(=O)CC(=O)N2)C2CCCC2)cc(N)c1Cl. The number of benzene rings is 1. The van der Waals surface area contributed by atoms with Crippen LogP contribution in [0.15, 0.2) is 12.1 Å². The first kappa shape index (κ1) is 23.3. The third kappa shape index (κ3) is 5.88. The van der Waals surface area contributed by atoms with E-state index in [4.69, 9.17) is 17.3 Å². The summed E-state index contributed by atoms with van der Waals surface area (Å²) in [6.45, 7) is 1.92. The number of carbonyl (C=O) groups is 3. The highest BCUT2D eigenvalue weighted by atomic mass is 35.5. The molecule has 3 amide bonds. The number of rotatable bonds is 6. The van der Waals surface area contributed by atoms with Crippen LogP contribution in [0.1, 0.15) is 41.6 Å². The van der Waals surface area contributed by atoms with Gasteiger partial charge in [-0.1, -0.05) is 24.4 Å². The van der Waals surface area contributed by atoms with Crippen molar-refractivity contribution in [3.63, 3.8) is 0 Å². The standard InChI is InChI=1S/C20H27ClN4O5S/c1-11-6-13(7-14(22)18(11)21)19(27)23-8-15(12-4-2-3-5-12)25-20(28)16-9-31(29,30)10-17(26)24-16/h6-7,12,15-16H,2-5,8-10,22H2,1H3,(H,23,27)(H,24,26)(H,25,28). The molecule has 5 N–H and O–H groups in total. The zero-order valence-electron chi connectivity index (χ0n) is 17.2. The topological polar surface area (TPSA) is 147 Å². The number of hydrogen-bond acceptors (Lipinski definition) is 6. The van der Waals surface area contributed by atoms with E-state index >= 15 is 0 Å². The van der Waals surface area contributed by atoms with E-state index in [-0.39, 0.29) is 24.4 Å². The van der Waals surface area contributed by atoms with Gasteiger partial charge in [-0.2, -0.15) is 0 Å². The Bertz CT molecular complexity index is 968. The Morgan fingerprint density at radius 2 is 1.97 bits per heavy atom. The molecule has 2 fully saturated rings. The lowest BCUT2D eigenvalue weighted by Gasteiger charge is -2.29. The lowest BCUT2D eigenvalue weighted by Crippen LogP contribution is -2.59. The fraction of sp³-hybridized carbons (Fsp3) is 0.550. The molecule has 3 rings (SSSR count). The number of hydrogen-bond donors (Lipinski definition) is 4. The van der Waals surface area contributed by atoms with Gasteiger partial charge in [0, 0.05) is 18.2 Å². The van der Waals surface area contributed by atoms with Crippen molar-refractivity contribution < 1.29 is 22.8 Å². The molecular formula is C20H27ClN4O5S. The summed E-state index contributed by atoms with van der Waals surface area (Å²) in [5, 5.41) is 8.50. The van der Waals surface area contributed by atoms with Crippen LogP contribution in [0.2, 0.25) is 5.02 Å². The third-order valence-electron chi connectivity index (χ3n) is 5.75. The molecule has 170 valence electrons. The van der Waals surface area contributed by atoms with E-state index in [2.05, 4.69) is 16.0 Å². The fourth-order valence-corrected chi connectivity index (χ4v) is 5.60. The van der Waals surface area contributed by atoms with Gasteiger partial charge in [0.15, 0.2) is 9.84 Å². The Labute approximate surface area is 186 Å². The minimum atomic E-state index is -3.62. The summed E-state index contributed by atoms with van der Waals surface area (Å²) in [5.41, 5.74) is 7.20. The Kier molecular flexibility index (Phi) is 7.10. The lowest BCUT2D eigenvalue weighted by atomic mass is 9.97. The molecule has 9 nitrogen and oxygen atoms in total. The Balaban J connectivity index is 1.68. The Morgan fingerprint density at radius 1 is 1.29 bits per heavy atom. The molecule has 0 aromatic heterocycles. The van der Waals surface area contributed by atoms with Crippen LogP contribution in [0.3, 0.4) is 0 Å². The first-order valence-electron chi connectivity index (χ1n) is 10.2. The molecular weight excluding hydrogens is 444 g/mol. The van der Waals surface area contributed by atoms with Crippen LogP contribution in [0, 0.1) is 12.8 Å². The maximum absolute atomic E-state index is 12.7. The number of nitrogens with one attached hydrogen (secondary N) is 3. The molecule has 0 radical (unpaired) electrons. The summed E-state index contributed by atoms with van der Waals surface area (Å²) in [4.78, 5) is 37.0. The molecule has 1 aromatic carbocycles. The summed E-state index contributed by atoms with van der Waals surface area (Å²) < 4.78 is 23.7. The van der Waals surface area contributed by atoms with Crippen LogP contribution in [0.25, 0.3) is 0 Å². The first-order valence-corrected chi connectivity index (χ1v) is 12.4. The van der Waals surface area contributed by atoms with E-state index in [9.17, 15) is 22.8 Å². The second kappa shape index (κ2) is 9.44. The molecule has 1 aliphatic carbocycles. The number of anilines is 1. The molecule has 31 heavy (non-hydrogen) atoms. The average molecular weight is 471 g/mol. The van der Waals surface area contributed by atoms with Gasteiger partial charge in [0.1, 0.15) is 11.8 Å². The quantitative estimate of drug-likeness (QED) is 0.446. The van der Waals surface area contributed by atoms with Gasteiger partial charge in [-0.05, 0) is 43.4 Å². The molecule has 1 aromatic rings. The van der Waals surface area contributed by atoms with E-state index in [1.807, 2.05) is 0 Å². The van der Waals surface area contributed by atoms with Crippen LogP contribution in [-0.4, -0.2) is 56.3 Å². The molecule has 11 heteroatoms. The first-order chi connectivity index (χ1) is 14.6. The number of halogens is 1. The summed E-state index contributed by atoms with van der Waals surface area (Å²) in [6.07, 6.45) is 3.82. The van der Waals surface area contributed by atoms with E-state index in [0.717, 1.165) is 25.7 Å². The minimum Gasteiger partial charge on any atom is -0.397 e. The Morgan fingerprint density at radius 3 is 2.58 bits per heavy atom. The molecule has 2 atom stereocenters. The summed E-state index contributed by atoms with van der Waals surface area (Å²) in [5.74, 6) is -2.49. The molecule has 1 heterocycles. The number of amides is 3. The van der Waals surface area contributed by atoms with Crippen molar-refractivity contribution in [2.24, 2.45) is 5.92 Å². The largest absolute Gasteiger partial charge is 0.397 e. The van der Waals surface area contributed by atoms with Crippen molar-refractivity contribution in [2.45, 2.75) is 44.7 Å². The maximum Gasteiger partial charge on any atom is 0.251 e. The highest BCUT2D eigenvalue weighted by Gasteiger charge is 2.36. The summed E-state index contributed by atoms with van der Waals surface area (Å²) in [6, 6.07) is 1.62. The molecule has 2 aliphatic rings. The van der Waals surface area contributed by atoms with Crippen LogP contribution >= 0.6 is 11.6 Å². The number of nitrogens with two attached hydrogens (primary N) is 1. The third-order valence-corrected chi connectivity index (χ3v) is 7.81. The second-order valence-electron chi connectivity index (χ2n) is 8.24. The van der Waals surface area contributed by atoms with Crippen molar-refractivity contribution in [3.8, 4) is 0 Å². The predicted octanol–water partition coefficient (Wildman–Crippen LogP) is 0.549. The van der Waals surface area contributed by atoms with Crippen LogP contribution in [-0.2, 0) is 19.4 Å². The average Bonchev–Trinajstić information content (AvgIpc) is 3.21. The number of carbonyl (C=O) groups excluding carboxylic acids is 3. The van der Waals surface area contributed by atoms with E-state index in [0.29, 0.717) is 21.8 Å². The van der Waals surface area contributed by atoms with E-state index in [1.54, 1.807) is 13.0 Å². The van der Waals surface area contributed by atoms with Crippen molar-refractivity contribution in [1.29, 1.82) is 0 Å². The number of nitrogen functional groups attached to an aromatic ring is 1. The van der Waals surface area contributed by atoms with Crippen molar-refractivity contribution >= 4 is 44.8 Å². The minimum absolute atomic E-state index is 0.150. The molecule has 1 saturated heterocycles. The Hall–Kier alpha value is -2.33. The van der Waals surface area contributed by atoms with E-state index in [1.165, 1.54) is 6.07 Å². The highest BCUT2D eigenvalue weighted by Crippen LogP contribution is 2.28. The lowest BCUT2D eigenvalue weighted by molar-refractivity contribution is -0.128. The molecule has 0 spiro atoms. The summed E-state index contributed by atoms with van der Waals surface area (Å²) in [7, 11) is -3.62. The second-order valence-corrected chi connectivity index (χ2v) is 10.7. The monoisotopic (exact) mass is 470 g/mol. The molecule has 1 saturated carbocycles. The van der Waals surface area contributed by atoms with Crippen LogP contribution < -0.4 is 21.7 Å². The number of aryl methyl sites for hydroxylation is 1. The van der Waals surface area contributed by atoms with Crippen LogP contribution in [0.4, 0.5) is 5.69 Å². The van der Waals surface area contributed by atoms with Crippen molar-refractivity contribution in [2.75, 3.05) is 23.8 Å². The van der Waals surface area contributed by atoms with Crippen LogP contribution in [0.5, 0.6) is 0 Å². The van der Waals surface area contributed by atoms with Gasteiger partial charge in [-0.25, -0.2) is 8.42 Å². The van der Waals surface area contributed by atoms with Gasteiger partial charge in [0.2, 0.25) is 11.8 Å². The molecule has 2 unspecified atom stereocenters. The van der Waals surface area contributed by atoms with Crippen molar-refractivity contribution in [3.05, 3.63) is 28.3 Å².